The number of amides is 2. The van der Waals surface area contributed by atoms with Crippen LogP contribution in [0.4, 0.5) is 22.1 Å². The molecule has 4 rings (SSSR count). The summed E-state index contributed by atoms with van der Waals surface area (Å²) in [6.45, 7) is 2.06. The topological polar surface area (TPSA) is 95.0 Å². The van der Waals surface area contributed by atoms with Crippen molar-refractivity contribution in [3.05, 3.63) is 42.5 Å². The van der Waals surface area contributed by atoms with Gasteiger partial charge in [-0.2, -0.15) is 0 Å². The summed E-state index contributed by atoms with van der Waals surface area (Å²) in [4.78, 5) is 32.2. The quantitative estimate of drug-likeness (QED) is 0.848. The van der Waals surface area contributed by atoms with E-state index in [2.05, 4.69) is 15.2 Å². The molecule has 28 heavy (non-hydrogen) atoms. The van der Waals surface area contributed by atoms with Gasteiger partial charge in [-0.05, 0) is 37.1 Å². The standard InChI is InChI=1S/C20H22N4O4/c25-19(26)14-8-10-23(11-9-14)17-7-6-16-18(22-17)24(12-13-28-16)20(27)21-15-4-2-1-3-5-15/h1-7,14H,8-13H2,(H,21,27)(H,25,26). The number of fused-ring (bicyclic) bond motifs is 1. The number of carboxylic acids is 1. The third-order valence-electron chi connectivity index (χ3n) is 5.09. The van der Waals surface area contributed by atoms with Crippen LogP contribution in [-0.4, -0.2) is 48.3 Å². The van der Waals surface area contributed by atoms with Crippen molar-refractivity contribution in [2.24, 2.45) is 5.92 Å². The maximum absolute atomic E-state index is 12.8. The van der Waals surface area contributed by atoms with Crippen LogP contribution in [0.5, 0.6) is 5.75 Å². The molecule has 1 aromatic heterocycles. The molecular formula is C20H22N4O4. The number of carbonyl (C=O) groups excluding carboxylic acids is 1. The van der Waals surface area contributed by atoms with Gasteiger partial charge in [0, 0.05) is 18.8 Å². The van der Waals surface area contributed by atoms with Crippen LogP contribution < -0.4 is 19.9 Å². The first-order valence-corrected chi connectivity index (χ1v) is 9.37. The van der Waals surface area contributed by atoms with Gasteiger partial charge in [-0.3, -0.25) is 9.69 Å². The van der Waals surface area contributed by atoms with Crippen LogP contribution in [0.1, 0.15) is 12.8 Å². The van der Waals surface area contributed by atoms with E-state index in [0.717, 1.165) is 5.82 Å². The number of para-hydroxylation sites is 1. The number of carboxylic acid groups (broad SMARTS) is 1. The van der Waals surface area contributed by atoms with Crippen molar-refractivity contribution in [3.8, 4) is 5.75 Å². The van der Waals surface area contributed by atoms with Gasteiger partial charge in [0.25, 0.3) is 0 Å². The Morgan fingerprint density at radius 3 is 2.54 bits per heavy atom. The molecule has 2 N–H and O–H groups in total. The lowest BCUT2D eigenvalue weighted by molar-refractivity contribution is -0.142. The fraction of sp³-hybridized carbons (Fsp3) is 0.350. The highest BCUT2D eigenvalue weighted by Gasteiger charge is 2.29. The molecule has 1 aromatic carbocycles. The zero-order valence-electron chi connectivity index (χ0n) is 15.4. The zero-order valence-corrected chi connectivity index (χ0v) is 15.4. The molecule has 3 heterocycles. The van der Waals surface area contributed by atoms with E-state index >= 15 is 0 Å². The molecule has 0 saturated carbocycles. The van der Waals surface area contributed by atoms with Gasteiger partial charge in [0.05, 0.1) is 12.5 Å². The van der Waals surface area contributed by atoms with E-state index in [1.54, 1.807) is 4.90 Å². The predicted octanol–water partition coefficient (Wildman–Crippen LogP) is 2.81. The zero-order chi connectivity index (χ0) is 19.5. The lowest BCUT2D eigenvalue weighted by Crippen LogP contribution is -2.42. The van der Waals surface area contributed by atoms with Crippen molar-refractivity contribution in [1.29, 1.82) is 0 Å². The first-order chi connectivity index (χ1) is 13.6. The number of nitrogens with zero attached hydrogens (tertiary/aromatic N) is 3. The number of anilines is 3. The van der Waals surface area contributed by atoms with Crippen LogP contribution >= 0.6 is 0 Å². The number of urea groups is 1. The molecule has 2 aromatic rings. The molecule has 0 aliphatic carbocycles. The van der Waals surface area contributed by atoms with Gasteiger partial charge in [-0.25, -0.2) is 9.78 Å². The Hall–Kier alpha value is -3.29. The molecule has 146 valence electrons. The van der Waals surface area contributed by atoms with Crippen LogP contribution in [0.2, 0.25) is 0 Å². The summed E-state index contributed by atoms with van der Waals surface area (Å²) >= 11 is 0. The number of benzene rings is 1. The van der Waals surface area contributed by atoms with Crippen molar-refractivity contribution < 1.29 is 19.4 Å². The largest absolute Gasteiger partial charge is 0.488 e. The van der Waals surface area contributed by atoms with Crippen LogP contribution in [0, 0.1) is 5.92 Å². The lowest BCUT2D eigenvalue weighted by Gasteiger charge is -2.33. The number of piperidine rings is 1. The van der Waals surface area contributed by atoms with Crippen LogP contribution in [-0.2, 0) is 4.79 Å². The third kappa shape index (κ3) is 3.71. The third-order valence-corrected chi connectivity index (χ3v) is 5.09. The Bertz CT molecular complexity index is 866. The minimum absolute atomic E-state index is 0.259. The number of aromatic nitrogens is 1. The first-order valence-electron chi connectivity index (χ1n) is 9.37. The summed E-state index contributed by atoms with van der Waals surface area (Å²) in [7, 11) is 0. The average Bonchev–Trinajstić information content (AvgIpc) is 2.73. The molecule has 0 radical (unpaired) electrons. The van der Waals surface area contributed by atoms with Crippen LogP contribution in [0.15, 0.2) is 42.5 Å². The highest BCUT2D eigenvalue weighted by atomic mass is 16.5. The summed E-state index contributed by atoms with van der Waals surface area (Å²) in [5, 5.41) is 12.1. The van der Waals surface area contributed by atoms with E-state index in [0.29, 0.717) is 56.3 Å². The maximum atomic E-state index is 12.8. The van der Waals surface area contributed by atoms with Gasteiger partial charge in [0.1, 0.15) is 12.4 Å². The summed E-state index contributed by atoms with van der Waals surface area (Å²) in [5.74, 6) is 0.738. The number of hydrogen-bond acceptors (Lipinski definition) is 5. The summed E-state index contributed by atoms with van der Waals surface area (Å²) in [5.41, 5.74) is 0.715. The molecule has 8 heteroatoms. The average molecular weight is 382 g/mol. The number of ether oxygens (including phenoxy) is 1. The number of hydrogen-bond donors (Lipinski definition) is 2. The van der Waals surface area contributed by atoms with Crippen LogP contribution in [0.3, 0.4) is 0 Å². The van der Waals surface area contributed by atoms with Crippen molar-refractivity contribution in [2.75, 3.05) is 41.4 Å². The highest BCUT2D eigenvalue weighted by Crippen LogP contribution is 2.33. The van der Waals surface area contributed by atoms with E-state index in [-0.39, 0.29) is 11.9 Å². The Labute approximate surface area is 162 Å². The van der Waals surface area contributed by atoms with E-state index in [1.165, 1.54) is 0 Å². The van der Waals surface area contributed by atoms with E-state index in [4.69, 9.17) is 9.84 Å². The number of carbonyl (C=O) groups is 2. The Morgan fingerprint density at radius 2 is 1.82 bits per heavy atom. The molecule has 8 nitrogen and oxygen atoms in total. The minimum Gasteiger partial charge on any atom is -0.488 e. The maximum Gasteiger partial charge on any atom is 0.327 e. The second kappa shape index (κ2) is 7.75. The monoisotopic (exact) mass is 382 g/mol. The second-order valence-corrected chi connectivity index (χ2v) is 6.89. The summed E-state index contributed by atoms with van der Waals surface area (Å²) < 4.78 is 5.66. The molecule has 0 atom stereocenters. The number of pyridine rings is 1. The molecule has 0 spiro atoms. The van der Waals surface area contributed by atoms with Gasteiger partial charge in [-0.15, -0.1) is 0 Å². The van der Waals surface area contributed by atoms with E-state index < -0.39 is 5.97 Å². The molecule has 1 fully saturated rings. The number of rotatable bonds is 3. The molecule has 0 unspecified atom stereocenters. The van der Waals surface area contributed by atoms with Gasteiger partial charge >= 0.3 is 12.0 Å². The van der Waals surface area contributed by atoms with E-state index in [9.17, 15) is 9.59 Å². The number of aliphatic carboxylic acids is 1. The van der Waals surface area contributed by atoms with Crippen LogP contribution in [0.25, 0.3) is 0 Å². The lowest BCUT2D eigenvalue weighted by atomic mass is 9.97. The van der Waals surface area contributed by atoms with Gasteiger partial charge in [-0.1, -0.05) is 18.2 Å². The van der Waals surface area contributed by atoms with Gasteiger partial charge in [0.2, 0.25) is 0 Å². The van der Waals surface area contributed by atoms with E-state index in [1.807, 2.05) is 42.5 Å². The minimum atomic E-state index is -0.741. The SMILES string of the molecule is O=C(O)C1CCN(c2ccc3c(n2)N(C(=O)Nc2ccccc2)CCO3)CC1. The van der Waals surface area contributed by atoms with Gasteiger partial charge in [0.15, 0.2) is 11.6 Å². The molecule has 0 bridgehead atoms. The van der Waals surface area contributed by atoms with Crippen molar-refractivity contribution in [1.82, 2.24) is 4.98 Å². The molecule has 1 saturated heterocycles. The predicted molar refractivity (Wildman–Crippen MR) is 105 cm³/mol. The van der Waals surface area contributed by atoms with Gasteiger partial charge < -0.3 is 20.1 Å². The Morgan fingerprint density at radius 1 is 1.07 bits per heavy atom. The van der Waals surface area contributed by atoms with Crippen molar-refractivity contribution in [2.45, 2.75) is 12.8 Å². The Kier molecular flexibility index (Phi) is 5.01. The number of nitrogens with one attached hydrogen (secondary N) is 1. The van der Waals surface area contributed by atoms with Crippen molar-refractivity contribution in [3.63, 3.8) is 0 Å². The summed E-state index contributed by atoms with van der Waals surface area (Å²) in [6, 6.07) is 12.7. The molecule has 2 aliphatic heterocycles. The smallest absolute Gasteiger partial charge is 0.327 e. The summed E-state index contributed by atoms with van der Waals surface area (Å²) in [6.07, 6.45) is 1.17. The molecular weight excluding hydrogens is 360 g/mol. The highest BCUT2D eigenvalue weighted by molar-refractivity contribution is 6.02. The molecule has 2 aliphatic rings. The molecule has 2 amide bonds. The van der Waals surface area contributed by atoms with Crippen molar-refractivity contribution >= 4 is 29.3 Å². The first kappa shape index (κ1) is 18.1. The second-order valence-electron chi connectivity index (χ2n) is 6.89. The fourth-order valence-corrected chi connectivity index (χ4v) is 3.53. The Balaban J connectivity index is 1.52. The fourth-order valence-electron chi connectivity index (χ4n) is 3.53. The normalized spacial score (nSPS) is 16.9.